The fourth-order valence-corrected chi connectivity index (χ4v) is 3.35. The number of amides is 1. The fraction of sp³-hybridized carbons (Fsp3) is 0.238. The Morgan fingerprint density at radius 1 is 1.14 bits per heavy atom. The number of nitro groups is 1. The van der Waals surface area contributed by atoms with Crippen molar-refractivity contribution in [2.45, 2.75) is 31.8 Å². The van der Waals surface area contributed by atoms with E-state index in [9.17, 15) is 14.9 Å². The second-order valence-electron chi connectivity index (χ2n) is 6.93. The Labute approximate surface area is 167 Å². The standard InChI is InChI=1S/C21H20N4O4/c26-21(22-15-8-10-19(11-9-15)29-18-6-1-2-7-18)20-12-13-24(23-20)16-4-3-5-17(14-16)25(27)28/h3-5,8-14,18H,1-2,6-7H2,(H,22,26). The van der Waals surface area contributed by atoms with Gasteiger partial charge in [-0.05, 0) is 62.1 Å². The topological polar surface area (TPSA) is 99.3 Å². The summed E-state index contributed by atoms with van der Waals surface area (Å²) in [5.41, 5.74) is 1.32. The highest BCUT2D eigenvalue weighted by Crippen LogP contribution is 2.25. The van der Waals surface area contributed by atoms with Crippen LogP contribution in [0.3, 0.4) is 0 Å². The molecular weight excluding hydrogens is 372 g/mol. The molecule has 0 saturated heterocycles. The lowest BCUT2D eigenvalue weighted by Gasteiger charge is -2.13. The molecule has 2 aromatic carbocycles. The van der Waals surface area contributed by atoms with Gasteiger partial charge in [-0.1, -0.05) is 6.07 Å². The highest BCUT2D eigenvalue weighted by molar-refractivity contribution is 6.02. The van der Waals surface area contributed by atoms with E-state index in [1.54, 1.807) is 36.5 Å². The van der Waals surface area contributed by atoms with Crippen LogP contribution < -0.4 is 10.1 Å². The van der Waals surface area contributed by atoms with Gasteiger partial charge in [-0.2, -0.15) is 5.10 Å². The lowest BCUT2D eigenvalue weighted by molar-refractivity contribution is -0.384. The summed E-state index contributed by atoms with van der Waals surface area (Å²) in [7, 11) is 0. The minimum atomic E-state index is -0.472. The van der Waals surface area contributed by atoms with Crippen molar-refractivity contribution in [2.24, 2.45) is 0 Å². The number of carbonyl (C=O) groups is 1. The number of benzene rings is 2. The summed E-state index contributed by atoms with van der Waals surface area (Å²) in [6.45, 7) is 0. The van der Waals surface area contributed by atoms with Crippen molar-refractivity contribution in [3.05, 3.63) is 76.6 Å². The molecule has 148 valence electrons. The number of non-ortho nitro benzene ring substituents is 1. The van der Waals surface area contributed by atoms with Gasteiger partial charge in [0.15, 0.2) is 5.69 Å². The molecule has 1 amide bonds. The molecule has 0 bridgehead atoms. The van der Waals surface area contributed by atoms with E-state index in [1.807, 2.05) is 12.1 Å². The van der Waals surface area contributed by atoms with Crippen molar-refractivity contribution in [1.82, 2.24) is 9.78 Å². The Kier molecular flexibility index (Phi) is 5.24. The molecule has 1 aliphatic rings. The zero-order valence-electron chi connectivity index (χ0n) is 15.7. The lowest BCUT2D eigenvalue weighted by Crippen LogP contribution is -2.13. The summed E-state index contributed by atoms with van der Waals surface area (Å²) in [5, 5.41) is 17.9. The Balaban J connectivity index is 1.41. The van der Waals surface area contributed by atoms with Gasteiger partial charge >= 0.3 is 0 Å². The number of hydrogen-bond donors (Lipinski definition) is 1. The molecule has 1 N–H and O–H groups in total. The number of hydrogen-bond acceptors (Lipinski definition) is 5. The smallest absolute Gasteiger partial charge is 0.276 e. The van der Waals surface area contributed by atoms with Crippen molar-refractivity contribution in [3.63, 3.8) is 0 Å². The van der Waals surface area contributed by atoms with Crippen LogP contribution in [-0.4, -0.2) is 26.7 Å². The number of nitro benzene ring substituents is 1. The molecule has 0 spiro atoms. The Bertz CT molecular complexity index is 1020. The molecule has 29 heavy (non-hydrogen) atoms. The van der Waals surface area contributed by atoms with E-state index in [1.165, 1.54) is 29.7 Å². The van der Waals surface area contributed by atoms with E-state index in [-0.39, 0.29) is 23.4 Å². The fourth-order valence-electron chi connectivity index (χ4n) is 3.35. The van der Waals surface area contributed by atoms with Gasteiger partial charge in [0.25, 0.3) is 11.6 Å². The van der Waals surface area contributed by atoms with Crippen LogP contribution in [0.15, 0.2) is 60.8 Å². The molecule has 8 heteroatoms. The number of nitrogens with one attached hydrogen (secondary N) is 1. The van der Waals surface area contributed by atoms with E-state index in [2.05, 4.69) is 10.4 Å². The van der Waals surface area contributed by atoms with E-state index >= 15 is 0 Å². The van der Waals surface area contributed by atoms with Gasteiger partial charge in [0, 0.05) is 24.0 Å². The van der Waals surface area contributed by atoms with E-state index in [0.29, 0.717) is 11.4 Å². The normalized spacial score (nSPS) is 13.9. The number of aromatic nitrogens is 2. The number of anilines is 1. The largest absolute Gasteiger partial charge is 0.490 e. The SMILES string of the molecule is O=C(Nc1ccc(OC2CCCC2)cc1)c1ccn(-c2cccc([N+](=O)[O-])c2)n1. The molecule has 0 unspecified atom stereocenters. The molecule has 1 aromatic heterocycles. The van der Waals surface area contributed by atoms with Gasteiger partial charge in [0.2, 0.25) is 0 Å². The lowest BCUT2D eigenvalue weighted by atomic mass is 10.2. The number of ether oxygens (including phenoxy) is 1. The molecule has 1 heterocycles. The molecule has 0 radical (unpaired) electrons. The van der Waals surface area contributed by atoms with E-state index in [0.717, 1.165) is 18.6 Å². The summed E-state index contributed by atoms with van der Waals surface area (Å²) in [5.74, 6) is 0.434. The monoisotopic (exact) mass is 392 g/mol. The maximum atomic E-state index is 12.5. The summed E-state index contributed by atoms with van der Waals surface area (Å²) in [6, 6.07) is 14.9. The maximum Gasteiger partial charge on any atom is 0.276 e. The zero-order valence-corrected chi connectivity index (χ0v) is 15.7. The first-order valence-electron chi connectivity index (χ1n) is 9.47. The Morgan fingerprint density at radius 3 is 2.62 bits per heavy atom. The maximum absolute atomic E-state index is 12.5. The Morgan fingerprint density at radius 2 is 1.90 bits per heavy atom. The van der Waals surface area contributed by atoms with Crippen LogP contribution in [0, 0.1) is 10.1 Å². The summed E-state index contributed by atoms with van der Waals surface area (Å²) < 4.78 is 7.35. The van der Waals surface area contributed by atoms with Gasteiger partial charge in [-0.15, -0.1) is 0 Å². The molecular formula is C21H20N4O4. The molecule has 0 aliphatic heterocycles. The third kappa shape index (κ3) is 4.43. The molecule has 4 rings (SSSR count). The molecule has 0 atom stereocenters. The highest BCUT2D eigenvalue weighted by atomic mass is 16.6. The predicted octanol–water partition coefficient (Wildman–Crippen LogP) is 4.35. The van der Waals surface area contributed by atoms with Crippen molar-refractivity contribution < 1.29 is 14.5 Å². The van der Waals surface area contributed by atoms with Crippen LogP contribution >= 0.6 is 0 Å². The van der Waals surface area contributed by atoms with Gasteiger partial charge in [0.05, 0.1) is 16.7 Å². The average Bonchev–Trinajstić information content (AvgIpc) is 3.42. The molecule has 8 nitrogen and oxygen atoms in total. The first kappa shape index (κ1) is 18.7. The van der Waals surface area contributed by atoms with Crippen molar-refractivity contribution in [1.29, 1.82) is 0 Å². The minimum Gasteiger partial charge on any atom is -0.490 e. The van der Waals surface area contributed by atoms with Gasteiger partial charge in [-0.25, -0.2) is 4.68 Å². The molecule has 1 saturated carbocycles. The van der Waals surface area contributed by atoms with Crippen molar-refractivity contribution >= 4 is 17.3 Å². The highest BCUT2D eigenvalue weighted by Gasteiger charge is 2.17. The molecule has 1 aliphatic carbocycles. The zero-order chi connectivity index (χ0) is 20.2. The number of carbonyl (C=O) groups excluding carboxylic acids is 1. The third-order valence-corrected chi connectivity index (χ3v) is 4.84. The van der Waals surface area contributed by atoms with Gasteiger partial charge in [-0.3, -0.25) is 14.9 Å². The average molecular weight is 392 g/mol. The van der Waals surface area contributed by atoms with Crippen LogP contribution in [0.25, 0.3) is 5.69 Å². The summed E-state index contributed by atoms with van der Waals surface area (Å²) in [4.78, 5) is 22.9. The first-order valence-corrected chi connectivity index (χ1v) is 9.47. The Hall–Kier alpha value is -3.68. The van der Waals surface area contributed by atoms with Gasteiger partial charge in [0.1, 0.15) is 5.75 Å². The van der Waals surface area contributed by atoms with Crippen LogP contribution in [0.2, 0.25) is 0 Å². The van der Waals surface area contributed by atoms with Crippen LogP contribution in [0.5, 0.6) is 5.75 Å². The van der Waals surface area contributed by atoms with Crippen molar-refractivity contribution in [2.75, 3.05) is 5.32 Å². The number of rotatable bonds is 6. The van der Waals surface area contributed by atoms with E-state index in [4.69, 9.17) is 4.74 Å². The van der Waals surface area contributed by atoms with Crippen molar-refractivity contribution in [3.8, 4) is 11.4 Å². The predicted molar refractivity (Wildman–Crippen MR) is 107 cm³/mol. The third-order valence-electron chi connectivity index (χ3n) is 4.84. The minimum absolute atomic E-state index is 0.0380. The van der Waals surface area contributed by atoms with E-state index < -0.39 is 4.92 Å². The van der Waals surface area contributed by atoms with Crippen LogP contribution in [0.1, 0.15) is 36.2 Å². The second-order valence-corrected chi connectivity index (χ2v) is 6.93. The summed E-state index contributed by atoms with van der Waals surface area (Å²) in [6.07, 6.45) is 6.47. The molecule has 3 aromatic rings. The van der Waals surface area contributed by atoms with Gasteiger partial charge < -0.3 is 10.1 Å². The number of nitrogens with zero attached hydrogens (tertiary/aromatic N) is 3. The van der Waals surface area contributed by atoms with Crippen LogP contribution in [0.4, 0.5) is 11.4 Å². The second kappa shape index (κ2) is 8.14. The molecule has 1 fully saturated rings. The van der Waals surface area contributed by atoms with Crippen LogP contribution in [-0.2, 0) is 0 Å². The summed E-state index contributed by atoms with van der Waals surface area (Å²) >= 11 is 0. The first-order chi connectivity index (χ1) is 14.1. The quantitative estimate of drug-likeness (QED) is 0.496.